The van der Waals surface area contributed by atoms with Crippen molar-refractivity contribution in [2.75, 3.05) is 0 Å². The molecule has 0 amide bonds. The first-order chi connectivity index (χ1) is 9.16. The Balaban J connectivity index is 2.26. The molecule has 5 heteroatoms. The van der Waals surface area contributed by atoms with E-state index in [4.69, 9.17) is 5.11 Å². The van der Waals surface area contributed by atoms with Gasteiger partial charge >= 0.3 is 5.97 Å². The van der Waals surface area contributed by atoms with Gasteiger partial charge in [-0.1, -0.05) is 24.3 Å². The summed E-state index contributed by atoms with van der Waals surface area (Å²) in [6.07, 6.45) is 1.47. The van der Waals surface area contributed by atoms with Gasteiger partial charge in [-0.05, 0) is 18.6 Å². The maximum Gasteiger partial charge on any atom is 0.354 e. The molecule has 0 aliphatic heterocycles. The Kier molecular flexibility index (Phi) is 2.52. The van der Waals surface area contributed by atoms with Crippen molar-refractivity contribution in [2.45, 2.75) is 6.92 Å². The normalized spacial score (nSPS) is 10.8. The number of carboxylic acids is 1. The van der Waals surface area contributed by atoms with Crippen LogP contribution in [0.25, 0.3) is 16.9 Å². The molecule has 2 aromatic heterocycles. The number of carbonyl (C=O) groups is 1. The number of benzene rings is 1. The topological polar surface area (TPSA) is 67.5 Å². The predicted octanol–water partition coefficient (Wildman–Crippen LogP) is 2.40. The molecule has 0 aliphatic carbocycles. The summed E-state index contributed by atoms with van der Waals surface area (Å²) in [5, 5.41) is 13.5. The SMILES string of the molecule is Cc1ccccc1-c1cc2nccc(C(=O)O)n2n1. The first-order valence-electron chi connectivity index (χ1n) is 5.81. The van der Waals surface area contributed by atoms with E-state index in [1.807, 2.05) is 31.2 Å². The van der Waals surface area contributed by atoms with Crippen LogP contribution in [-0.4, -0.2) is 25.7 Å². The maximum absolute atomic E-state index is 11.1. The third kappa shape index (κ3) is 1.85. The van der Waals surface area contributed by atoms with Gasteiger partial charge in [0, 0.05) is 17.8 Å². The van der Waals surface area contributed by atoms with E-state index < -0.39 is 5.97 Å². The fourth-order valence-corrected chi connectivity index (χ4v) is 2.05. The molecule has 0 fully saturated rings. The average Bonchev–Trinajstić information content (AvgIpc) is 2.82. The molecule has 0 aliphatic rings. The summed E-state index contributed by atoms with van der Waals surface area (Å²) in [6, 6.07) is 11.1. The zero-order valence-corrected chi connectivity index (χ0v) is 10.2. The van der Waals surface area contributed by atoms with Crippen LogP contribution in [0.4, 0.5) is 0 Å². The molecule has 0 unspecified atom stereocenters. The lowest BCUT2D eigenvalue weighted by molar-refractivity contribution is 0.0687. The summed E-state index contributed by atoms with van der Waals surface area (Å²) < 4.78 is 1.35. The lowest BCUT2D eigenvalue weighted by atomic mass is 10.1. The minimum Gasteiger partial charge on any atom is -0.477 e. The van der Waals surface area contributed by atoms with E-state index in [1.54, 1.807) is 6.07 Å². The molecule has 0 atom stereocenters. The second-order valence-electron chi connectivity index (χ2n) is 4.25. The van der Waals surface area contributed by atoms with Crippen molar-refractivity contribution >= 4 is 11.6 Å². The molecule has 94 valence electrons. The standard InChI is InChI=1S/C14H11N3O2/c1-9-4-2-3-5-10(9)11-8-13-15-7-6-12(14(18)19)17(13)16-11/h2-8H,1H3,(H,18,19). The Bertz CT molecular complexity index is 777. The third-order valence-corrected chi connectivity index (χ3v) is 3.00. The number of aryl methyl sites for hydroxylation is 1. The summed E-state index contributed by atoms with van der Waals surface area (Å²) in [5.74, 6) is -1.02. The van der Waals surface area contributed by atoms with Gasteiger partial charge in [-0.3, -0.25) is 0 Å². The fraction of sp³-hybridized carbons (Fsp3) is 0.0714. The van der Waals surface area contributed by atoms with Crippen molar-refractivity contribution in [1.29, 1.82) is 0 Å². The van der Waals surface area contributed by atoms with Gasteiger partial charge in [0.2, 0.25) is 0 Å². The van der Waals surface area contributed by atoms with Crippen molar-refractivity contribution in [3.63, 3.8) is 0 Å². The first kappa shape index (κ1) is 11.4. The number of hydrogen-bond donors (Lipinski definition) is 1. The van der Waals surface area contributed by atoms with Crippen LogP contribution < -0.4 is 0 Å². The van der Waals surface area contributed by atoms with Crippen LogP contribution in [0.5, 0.6) is 0 Å². The van der Waals surface area contributed by atoms with Gasteiger partial charge in [-0.15, -0.1) is 0 Å². The highest BCUT2D eigenvalue weighted by Gasteiger charge is 2.13. The fourth-order valence-electron chi connectivity index (χ4n) is 2.05. The molecule has 0 bridgehead atoms. The Labute approximate surface area is 109 Å². The molecule has 0 saturated heterocycles. The van der Waals surface area contributed by atoms with Crippen LogP contribution >= 0.6 is 0 Å². The van der Waals surface area contributed by atoms with Gasteiger partial charge in [-0.25, -0.2) is 14.3 Å². The van der Waals surface area contributed by atoms with Crippen molar-refractivity contribution in [3.05, 3.63) is 53.9 Å². The van der Waals surface area contributed by atoms with E-state index in [9.17, 15) is 4.79 Å². The minimum absolute atomic E-state index is 0.102. The van der Waals surface area contributed by atoms with Gasteiger partial charge in [0.05, 0.1) is 5.69 Å². The maximum atomic E-state index is 11.1. The summed E-state index contributed by atoms with van der Waals surface area (Å²) >= 11 is 0. The second-order valence-corrected chi connectivity index (χ2v) is 4.25. The molecule has 0 radical (unpaired) electrons. The van der Waals surface area contributed by atoms with Gasteiger partial charge < -0.3 is 5.11 Å². The van der Waals surface area contributed by atoms with E-state index in [1.165, 1.54) is 16.8 Å². The van der Waals surface area contributed by atoms with Crippen molar-refractivity contribution in [1.82, 2.24) is 14.6 Å². The van der Waals surface area contributed by atoms with Crippen molar-refractivity contribution in [3.8, 4) is 11.3 Å². The number of aromatic carboxylic acids is 1. The molecule has 1 aromatic carbocycles. The number of rotatable bonds is 2. The molecule has 3 rings (SSSR count). The van der Waals surface area contributed by atoms with E-state index in [-0.39, 0.29) is 5.69 Å². The van der Waals surface area contributed by atoms with Crippen LogP contribution in [0.3, 0.4) is 0 Å². The Morgan fingerprint density at radius 1 is 1.26 bits per heavy atom. The van der Waals surface area contributed by atoms with Crippen molar-refractivity contribution in [2.24, 2.45) is 0 Å². The highest BCUT2D eigenvalue weighted by molar-refractivity contribution is 5.86. The number of hydrogen-bond acceptors (Lipinski definition) is 3. The molecular weight excluding hydrogens is 242 g/mol. The number of nitrogens with zero attached hydrogens (tertiary/aromatic N) is 3. The highest BCUT2D eigenvalue weighted by Crippen LogP contribution is 2.22. The molecule has 0 saturated carbocycles. The molecule has 5 nitrogen and oxygen atoms in total. The zero-order valence-electron chi connectivity index (χ0n) is 10.2. The van der Waals surface area contributed by atoms with Crippen molar-refractivity contribution < 1.29 is 9.90 Å². The van der Waals surface area contributed by atoms with Crippen LogP contribution in [0, 0.1) is 6.92 Å². The van der Waals surface area contributed by atoms with Crippen LogP contribution in [0.15, 0.2) is 42.6 Å². The zero-order chi connectivity index (χ0) is 13.4. The molecule has 19 heavy (non-hydrogen) atoms. The summed E-state index contributed by atoms with van der Waals surface area (Å²) in [7, 11) is 0. The quantitative estimate of drug-likeness (QED) is 0.761. The molecule has 2 heterocycles. The van der Waals surface area contributed by atoms with Gasteiger partial charge in [0.15, 0.2) is 11.3 Å². The van der Waals surface area contributed by atoms with Gasteiger partial charge in [-0.2, -0.15) is 5.10 Å². The largest absolute Gasteiger partial charge is 0.477 e. The van der Waals surface area contributed by atoms with E-state index >= 15 is 0 Å². The van der Waals surface area contributed by atoms with Crippen LogP contribution in [-0.2, 0) is 0 Å². The third-order valence-electron chi connectivity index (χ3n) is 3.00. The van der Waals surface area contributed by atoms with E-state index in [0.29, 0.717) is 5.65 Å². The number of fused-ring (bicyclic) bond motifs is 1. The lowest BCUT2D eigenvalue weighted by Gasteiger charge is -2.00. The highest BCUT2D eigenvalue weighted by atomic mass is 16.4. The minimum atomic E-state index is -1.02. The number of carboxylic acid groups (broad SMARTS) is 1. The smallest absolute Gasteiger partial charge is 0.354 e. The predicted molar refractivity (Wildman–Crippen MR) is 70.1 cm³/mol. The van der Waals surface area contributed by atoms with Gasteiger partial charge in [0.25, 0.3) is 0 Å². The monoisotopic (exact) mass is 253 g/mol. The Morgan fingerprint density at radius 3 is 2.79 bits per heavy atom. The molecule has 3 aromatic rings. The Morgan fingerprint density at radius 2 is 2.05 bits per heavy atom. The van der Waals surface area contributed by atoms with E-state index in [0.717, 1.165) is 16.8 Å². The Hall–Kier alpha value is -2.69. The van der Waals surface area contributed by atoms with Gasteiger partial charge in [0.1, 0.15) is 0 Å². The van der Waals surface area contributed by atoms with Crippen LogP contribution in [0.1, 0.15) is 16.1 Å². The van der Waals surface area contributed by atoms with E-state index in [2.05, 4.69) is 10.1 Å². The molecular formula is C14H11N3O2. The van der Waals surface area contributed by atoms with Crippen LogP contribution in [0.2, 0.25) is 0 Å². The second kappa shape index (κ2) is 4.20. The first-order valence-corrected chi connectivity index (χ1v) is 5.81. The molecule has 0 spiro atoms. The lowest BCUT2D eigenvalue weighted by Crippen LogP contribution is -2.06. The average molecular weight is 253 g/mol. The summed E-state index contributed by atoms with van der Waals surface area (Å²) in [5.41, 5.74) is 3.41. The summed E-state index contributed by atoms with van der Waals surface area (Å²) in [6.45, 7) is 1.99. The summed E-state index contributed by atoms with van der Waals surface area (Å²) in [4.78, 5) is 15.3. The number of aromatic nitrogens is 3. The molecule has 1 N–H and O–H groups in total.